The Morgan fingerprint density at radius 3 is 2.44 bits per heavy atom. The lowest BCUT2D eigenvalue weighted by Gasteiger charge is -2.25. The summed E-state index contributed by atoms with van der Waals surface area (Å²) in [5.74, 6) is 0.0140. The molecule has 1 atom stereocenters. The van der Waals surface area contributed by atoms with Crippen molar-refractivity contribution in [3.05, 3.63) is 51.6 Å². The van der Waals surface area contributed by atoms with E-state index in [0.29, 0.717) is 11.4 Å². The normalized spacial score (nSPS) is 16.4. The van der Waals surface area contributed by atoms with E-state index in [1.807, 2.05) is 0 Å². The van der Waals surface area contributed by atoms with Crippen molar-refractivity contribution >= 4 is 44.3 Å². The first-order valence-corrected chi connectivity index (χ1v) is 9.95. The Hall–Kier alpha value is -1.81. The van der Waals surface area contributed by atoms with Crippen molar-refractivity contribution in [3.63, 3.8) is 0 Å². The number of esters is 1. The van der Waals surface area contributed by atoms with E-state index >= 15 is 0 Å². The number of fused-ring (bicyclic) bond motifs is 1. The average Bonchev–Trinajstić information content (AvgIpc) is 3.00. The number of benzene rings is 2. The zero-order valence-electron chi connectivity index (χ0n) is 13.6. The number of hydrogen-bond donors (Lipinski definition) is 0. The number of carbonyl (C=O) groups is 1. The fourth-order valence-electron chi connectivity index (χ4n) is 2.86. The summed E-state index contributed by atoms with van der Waals surface area (Å²) >= 11 is 2.11. The molecule has 2 aromatic rings. The molecule has 0 amide bonds. The number of ether oxygens (including phenoxy) is 2. The standard InChI is InChI=1S/C17H16INO5S/c1-23-13-5-8-15-11(9-13)10-16(17(20)24-2)19(15)25(21,22)14-6-3-12(18)4-7-14/h3-9,16H,10H2,1-2H3. The van der Waals surface area contributed by atoms with Gasteiger partial charge in [0.05, 0.1) is 24.8 Å². The summed E-state index contributed by atoms with van der Waals surface area (Å²) in [6.07, 6.45) is 0.239. The Morgan fingerprint density at radius 2 is 1.84 bits per heavy atom. The Balaban J connectivity index is 2.13. The van der Waals surface area contributed by atoms with Crippen molar-refractivity contribution in [2.45, 2.75) is 17.4 Å². The molecule has 132 valence electrons. The highest BCUT2D eigenvalue weighted by Crippen LogP contribution is 2.39. The number of rotatable bonds is 4. The van der Waals surface area contributed by atoms with Gasteiger partial charge in [-0.15, -0.1) is 0 Å². The second-order valence-corrected chi connectivity index (χ2v) is 8.55. The molecule has 0 bridgehead atoms. The van der Waals surface area contributed by atoms with Crippen LogP contribution in [0.1, 0.15) is 5.56 Å². The lowest BCUT2D eigenvalue weighted by atomic mass is 10.1. The number of anilines is 1. The van der Waals surface area contributed by atoms with Crippen LogP contribution in [-0.2, 0) is 26.0 Å². The van der Waals surface area contributed by atoms with E-state index in [9.17, 15) is 13.2 Å². The van der Waals surface area contributed by atoms with Gasteiger partial charge in [0.1, 0.15) is 11.8 Å². The second-order valence-electron chi connectivity index (χ2n) is 5.49. The van der Waals surface area contributed by atoms with Crippen LogP contribution in [0.15, 0.2) is 47.4 Å². The van der Waals surface area contributed by atoms with Crippen LogP contribution in [0.2, 0.25) is 0 Å². The van der Waals surface area contributed by atoms with Gasteiger partial charge in [0.25, 0.3) is 10.0 Å². The lowest BCUT2D eigenvalue weighted by molar-refractivity contribution is -0.141. The first-order valence-electron chi connectivity index (χ1n) is 7.43. The zero-order chi connectivity index (χ0) is 18.2. The minimum atomic E-state index is -3.90. The van der Waals surface area contributed by atoms with Crippen molar-refractivity contribution in [2.24, 2.45) is 0 Å². The van der Waals surface area contributed by atoms with E-state index in [2.05, 4.69) is 22.6 Å². The first kappa shape index (κ1) is 18.0. The van der Waals surface area contributed by atoms with Crippen molar-refractivity contribution in [1.82, 2.24) is 0 Å². The highest BCUT2D eigenvalue weighted by molar-refractivity contribution is 14.1. The molecule has 1 heterocycles. The van der Waals surface area contributed by atoms with E-state index in [1.54, 1.807) is 30.3 Å². The maximum Gasteiger partial charge on any atom is 0.330 e. The Labute approximate surface area is 159 Å². The van der Waals surface area contributed by atoms with E-state index in [-0.39, 0.29) is 11.3 Å². The topological polar surface area (TPSA) is 72.9 Å². The van der Waals surface area contributed by atoms with E-state index in [4.69, 9.17) is 9.47 Å². The van der Waals surface area contributed by atoms with Crippen LogP contribution in [0.4, 0.5) is 5.69 Å². The fourth-order valence-corrected chi connectivity index (χ4v) is 4.86. The third-order valence-corrected chi connectivity index (χ3v) is 6.62. The van der Waals surface area contributed by atoms with Gasteiger partial charge in [0.15, 0.2) is 0 Å². The van der Waals surface area contributed by atoms with Crippen LogP contribution in [0.25, 0.3) is 0 Å². The van der Waals surface area contributed by atoms with Gasteiger partial charge in [0.2, 0.25) is 0 Å². The molecule has 0 fully saturated rings. The van der Waals surface area contributed by atoms with Crippen molar-refractivity contribution in [3.8, 4) is 5.75 Å². The maximum absolute atomic E-state index is 13.2. The number of sulfonamides is 1. The van der Waals surface area contributed by atoms with Gasteiger partial charge in [-0.3, -0.25) is 4.31 Å². The van der Waals surface area contributed by atoms with E-state index < -0.39 is 22.0 Å². The van der Waals surface area contributed by atoms with E-state index in [1.165, 1.54) is 26.4 Å². The molecule has 0 spiro atoms. The molecule has 0 saturated carbocycles. The van der Waals surface area contributed by atoms with Crippen LogP contribution >= 0.6 is 22.6 Å². The van der Waals surface area contributed by atoms with Gasteiger partial charge in [0, 0.05) is 9.99 Å². The highest BCUT2D eigenvalue weighted by atomic mass is 127. The monoisotopic (exact) mass is 473 g/mol. The van der Waals surface area contributed by atoms with Gasteiger partial charge in [-0.05, 0) is 70.6 Å². The van der Waals surface area contributed by atoms with Gasteiger partial charge in [-0.2, -0.15) is 0 Å². The van der Waals surface area contributed by atoms with Gasteiger partial charge in [-0.25, -0.2) is 13.2 Å². The molecule has 0 N–H and O–H groups in total. The fraction of sp³-hybridized carbons (Fsp3) is 0.235. The van der Waals surface area contributed by atoms with Crippen LogP contribution in [0.3, 0.4) is 0 Å². The summed E-state index contributed by atoms with van der Waals surface area (Å²) in [5.41, 5.74) is 1.19. The van der Waals surface area contributed by atoms with Crippen LogP contribution < -0.4 is 9.04 Å². The summed E-state index contributed by atoms with van der Waals surface area (Å²) in [6, 6.07) is 10.6. The van der Waals surface area contributed by atoms with Crippen molar-refractivity contribution in [1.29, 1.82) is 0 Å². The summed E-state index contributed by atoms with van der Waals surface area (Å²) in [5, 5.41) is 0. The summed E-state index contributed by atoms with van der Waals surface area (Å²) in [6.45, 7) is 0. The SMILES string of the molecule is COC(=O)C1Cc2cc(OC)ccc2N1S(=O)(=O)c1ccc(I)cc1. The molecule has 0 radical (unpaired) electrons. The third kappa shape index (κ3) is 3.20. The molecule has 1 aliphatic rings. The van der Waals surface area contributed by atoms with Crippen LogP contribution in [0.5, 0.6) is 5.75 Å². The predicted molar refractivity (Wildman–Crippen MR) is 101 cm³/mol. The average molecular weight is 473 g/mol. The van der Waals surface area contributed by atoms with Crippen LogP contribution in [-0.4, -0.2) is 34.6 Å². The number of nitrogens with zero attached hydrogens (tertiary/aromatic N) is 1. The second kappa shape index (κ2) is 6.83. The van der Waals surface area contributed by atoms with Crippen LogP contribution in [0, 0.1) is 3.57 Å². The maximum atomic E-state index is 13.2. The largest absolute Gasteiger partial charge is 0.497 e. The Bertz CT molecular complexity index is 911. The number of halogens is 1. The van der Waals surface area contributed by atoms with Crippen molar-refractivity contribution < 1.29 is 22.7 Å². The smallest absolute Gasteiger partial charge is 0.330 e. The minimum absolute atomic E-state index is 0.130. The molecule has 2 aromatic carbocycles. The van der Waals surface area contributed by atoms with E-state index in [0.717, 1.165) is 13.4 Å². The quantitative estimate of drug-likeness (QED) is 0.505. The highest BCUT2D eigenvalue weighted by Gasteiger charge is 2.43. The number of carbonyl (C=O) groups excluding carboxylic acids is 1. The molecule has 1 aliphatic heterocycles. The summed E-state index contributed by atoms with van der Waals surface area (Å²) in [7, 11) is -1.12. The molecule has 3 rings (SSSR count). The Morgan fingerprint density at radius 1 is 1.16 bits per heavy atom. The predicted octanol–water partition coefficient (Wildman–Crippen LogP) is 2.59. The summed E-state index contributed by atoms with van der Waals surface area (Å²) in [4.78, 5) is 12.3. The number of methoxy groups -OCH3 is 2. The molecule has 0 aromatic heterocycles. The number of hydrogen-bond acceptors (Lipinski definition) is 5. The van der Waals surface area contributed by atoms with Gasteiger partial charge >= 0.3 is 5.97 Å². The molecule has 0 saturated heterocycles. The molecule has 6 nitrogen and oxygen atoms in total. The lowest BCUT2D eigenvalue weighted by Crippen LogP contribution is -2.43. The van der Waals surface area contributed by atoms with Crippen molar-refractivity contribution in [2.75, 3.05) is 18.5 Å². The minimum Gasteiger partial charge on any atom is -0.497 e. The molecule has 8 heteroatoms. The molecular formula is C17H16INO5S. The molecule has 1 unspecified atom stereocenters. The third-order valence-electron chi connectivity index (χ3n) is 4.06. The molecule has 0 aliphatic carbocycles. The summed E-state index contributed by atoms with van der Waals surface area (Å²) < 4.78 is 38.4. The van der Waals surface area contributed by atoms with Gasteiger partial charge in [-0.1, -0.05) is 0 Å². The molecule has 25 heavy (non-hydrogen) atoms. The molecular weight excluding hydrogens is 457 g/mol. The zero-order valence-corrected chi connectivity index (χ0v) is 16.6. The first-order chi connectivity index (χ1) is 11.9. The Kier molecular flexibility index (Phi) is 4.92. The van der Waals surface area contributed by atoms with Gasteiger partial charge < -0.3 is 9.47 Å².